The van der Waals surface area contributed by atoms with Crippen molar-refractivity contribution in [2.24, 2.45) is 0 Å². The summed E-state index contributed by atoms with van der Waals surface area (Å²) in [5.74, 6) is -2.09. The maximum Gasteiger partial charge on any atom is 0.394 e. The number of piperidine rings is 1. The Morgan fingerprint density at radius 1 is 1.10 bits per heavy atom. The molecule has 0 aliphatic carbocycles. The fourth-order valence-corrected chi connectivity index (χ4v) is 5.81. The second-order valence-electron chi connectivity index (χ2n) is 10.5. The van der Waals surface area contributed by atoms with Crippen molar-refractivity contribution in [3.63, 3.8) is 0 Å². The number of amides is 2. The number of aromatic nitrogens is 4. The lowest BCUT2D eigenvalue weighted by molar-refractivity contribution is -0.128. The van der Waals surface area contributed by atoms with Gasteiger partial charge < -0.3 is 14.8 Å². The number of halogens is 5. The third-order valence-corrected chi connectivity index (χ3v) is 7.76. The molecule has 40 heavy (non-hydrogen) atoms. The van der Waals surface area contributed by atoms with Crippen molar-refractivity contribution in [1.29, 1.82) is 0 Å². The third kappa shape index (κ3) is 5.87. The molecule has 0 saturated carbocycles. The van der Waals surface area contributed by atoms with Gasteiger partial charge in [-0.05, 0) is 56.7 Å². The summed E-state index contributed by atoms with van der Waals surface area (Å²) < 4.78 is 70.6. The van der Waals surface area contributed by atoms with E-state index in [9.17, 15) is 31.5 Å². The number of nitrogens with zero attached hydrogens (tertiary/aromatic N) is 4. The average Bonchev–Trinajstić information content (AvgIpc) is 3.18. The van der Waals surface area contributed by atoms with Gasteiger partial charge in [-0.1, -0.05) is 6.07 Å². The molecule has 2 aliphatic heterocycles. The number of fused-ring (bicyclic) bond motifs is 1. The minimum absolute atomic E-state index is 0.0346. The van der Waals surface area contributed by atoms with Crippen LogP contribution >= 0.6 is 0 Å². The fraction of sp³-hybridized carbons (Fsp3) is 0.481. The fourth-order valence-electron chi connectivity index (χ4n) is 5.81. The number of carbonyl (C=O) groups excluding carboxylic acids is 1. The Balaban J connectivity index is 1.34. The predicted octanol–water partition coefficient (Wildman–Crippen LogP) is 4.87. The van der Waals surface area contributed by atoms with Gasteiger partial charge in [-0.25, -0.2) is 23.7 Å². The number of hydrogen-bond acceptors (Lipinski definition) is 4. The van der Waals surface area contributed by atoms with Crippen LogP contribution in [0.4, 0.5) is 26.7 Å². The maximum atomic E-state index is 14.6. The van der Waals surface area contributed by atoms with E-state index in [-0.39, 0.29) is 47.9 Å². The summed E-state index contributed by atoms with van der Waals surface area (Å²) in [6, 6.07) is 4.07. The van der Waals surface area contributed by atoms with Crippen molar-refractivity contribution >= 4 is 6.03 Å². The Kier molecular flexibility index (Phi) is 7.65. The van der Waals surface area contributed by atoms with E-state index in [4.69, 9.17) is 0 Å². The van der Waals surface area contributed by atoms with E-state index in [1.54, 1.807) is 17.9 Å². The Bertz CT molecular complexity index is 1420. The first-order chi connectivity index (χ1) is 19.0. The van der Waals surface area contributed by atoms with Crippen molar-refractivity contribution in [3.05, 3.63) is 80.8 Å². The van der Waals surface area contributed by atoms with Crippen molar-refractivity contribution < 1.29 is 26.7 Å². The molecular formula is C27H29F5N6O2. The highest BCUT2D eigenvalue weighted by Crippen LogP contribution is 2.37. The first kappa shape index (κ1) is 27.8. The topological polar surface area (TPSA) is 95.9 Å². The van der Waals surface area contributed by atoms with Crippen LogP contribution in [0.2, 0.25) is 0 Å². The number of rotatable bonds is 4. The predicted molar refractivity (Wildman–Crippen MR) is 135 cm³/mol. The third-order valence-electron chi connectivity index (χ3n) is 7.76. The Labute approximate surface area is 226 Å². The summed E-state index contributed by atoms with van der Waals surface area (Å²) in [5.41, 5.74) is 0.743. The lowest BCUT2D eigenvalue weighted by Crippen LogP contribution is -2.46. The molecule has 0 radical (unpaired) electrons. The van der Waals surface area contributed by atoms with Crippen molar-refractivity contribution in [1.82, 2.24) is 30.0 Å². The molecule has 1 aromatic carbocycles. The Hall–Kier alpha value is -3.77. The maximum absolute atomic E-state index is 14.6. The SMILES string of the molecule is Cc1cc(C2CCN(C(=O)N[C@@H]3CC[C@@H](c4c(F)cccc4F)Cn4c(CC(F)(F)F)cnc43)CC2)c(=O)[nH]n1. The Morgan fingerprint density at radius 3 is 2.48 bits per heavy atom. The number of aryl methyl sites for hydroxylation is 1. The zero-order chi connectivity index (χ0) is 28.6. The smallest absolute Gasteiger partial charge is 0.329 e. The van der Waals surface area contributed by atoms with Gasteiger partial charge in [-0.15, -0.1) is 0 Å². The minimum Gasteiger partial charge on any atom is -0.329 e. The molecule has 4 heterocycles. The number of benzene rings is 1. The summed E-state index contributed by atoms with van der Waals surface area (Å²) in [6.45, 7) is 2.43. The highest BCUT2D eigenvalue weighted by Gasteiger charge is 2.36. The van der Waals surface area contributed by atoms with Crippen LogP contribution in [-0.4, -0.2) is 49.9 Å². The average molecular weight is 565 g/mol. The molecule has 2 N–H and O–H groups in total. The van der Waals surface area contributed by atoms with Gasteiger partial charge in [-0.3, -0.25) is 4.79 Å². The lowest BCUT2D eigenvalue weighted by Gasteiger charge is -2.33. The number of aromatic amines is 1. The molecule has 2 aromatic heterocycles. The van der Waals surface area contributed by atoms with Crippen LogP contribution in [0, 0.1) is 18.6 Å². The molecular weight excluding hydrogens is 535 g/mol. The zero-order valence-electron chi connectivity index (χ0n) is 21.8. The van der Waals surface area contributed by atoms with Crippen LogP contribution in [0.3, 0.4) is 0 Å². The summed E-state index contributed by atoms with van der Waals surface area (Å²) in [4.78, 5) is 31.3. The van der Waals surface area contributed by atoms with Crippen molar-refractivity contribution in [2.45, 2.75) is 69.6 Å². The normalized spacial score (nSPS) is 20.2. The number of H-pyrrole nitrogens is 1. The first-order valence-corrected chi connectivity index (χ1v) is 13.2. The molecule has 0 spiro atoms. The zero-order valence-corrected chi connectivity index (χ0v) is 21.8. The molecule has 0 bridgehead atoms. The number of likely N-dealkylation sites (tertiary alicyclic amines) is 1. The molecule has 2 atom stereocenters. The molecule has 2 amide bonds. The van der Waals surface area contributed by atoms with Gasteiger partial charge in [-0.2, -0.15) is 18.3 Å². The largest absolute Gasteiger partial charge is 0.394 e. The number of hydrogen-bond donors (Lipinski definition) is 2. The van der Waals surface area contributed by atoms with Crippen LogP contribution in [0.5, 0.6) is 0 Å². The van der Waals surface area contributed by atoms with Gasteiger partial charge in [0.15, 0.2) is 0 Å². The van der Waals surface area contributed by atoms with E-state index in [2.05, 4.69) is 20.5 Å². The van der Waals surface area contributed by atoms with Crippen molar-refractivity contribution in [3.8, 4) is 0 Å². The minimum atomic E-state index is -4.51. The first-order valence-electron chi connectivity index (χ1n) is 13.2. The molecule has 1 saturated heterocycles. The van der Waals surface area contributed by atoms with E-state index >= 15 is 0 Å². The van der Waals surface area contributed by atoms with Gasteiger partial charge in [0.05, 0.1) is 18.2 Å². The van der Waals surface area contributed by atoms with Crippen LogP contribution in [0.15, 0.2) is 35.3 Å². The summed E-state index contributed by atoms with van der Waals surface area (Å²) in [5, 5.41) is 9.28. The molecule has 8 nitrogen and oxygen atoms in total. The molecule has 2 aliphatic rings. The number of urea groups is 1. The monoisotopic (exact) mass is 564 g/mol. The van der Waals surface area contributed by atoms with E-state index in [1.807, 2.05) is 0 Å². The number of imidazole rings is 1. The van der Waals surface area contributed by atoms with Crippen LogP contribution in [-0.2, 0) is 13.0 Å². The van der Waals surface area contributed by atoms with Gasteiger partial charge >= 0.3 is 12.2 Å². The molecule has 0 unspecified atom stereocenters. The lowest BCUT2D eigenvalue weighted by atomic mass is 9.90. The Morgan fingerprint density at radius 2 is 1.80 bits per heavy atom. The summed E-state index contributed by atoms with van der Waals surface area (Å²) >= 11 is 0. The van der Waals surface area contributed by atoms with Crippen LogP contribution in [0.25, 0.3) is 0 Å². The van der Waals surface area contributed by atoms with Gasteiger partial charge in [0.2, 0.25) is 0 Å². The highest BCUT2D eigenvalue weighted by atomic mass is 19.4. The van der Waals surface area contributed by atoms with E-state index in [0.717, 1.165) is 18.3 Å². The summed E-state index contributed by atoms with van der Waals surface area (Å²) in [6.07, 6.45) is -3.08. The molecule has 214 valence electrons. The highest BCUT2D eigenvalue weighted by molar-refractivity contribution is 5.74. The molecule has 13 heteroatoms. The number of alkyl halides is 3. The standard InChI is InChI=1S/C27H29F5N6O2/c1-15-11-19(25(39)36-35-15)16-7-9-37(10-8-16)26(40)34-22-6-5-17(23-20(28)3-2-4-21(23)29)14-38-18(12-27(30,31)32)13-33-24(22)38/h2-4,11,13,16-17,22H,5-10,12,14H2,1H3,(H,34,40)(H,36,39)/t17-,22-/m1/s1. The van der Waals surface area contributed by atoms with Gasteiger partial charge in [0.1, 0.15) is 17.5 Å². The molecule has 5 rings (SSSR count). The van der Waals surface area contributed by atoms with Crippen LogP contribution in [0.1, 0.15) is 71.9 Å². The number of nitrogens with one attached hydrogen (secondary N) is 2. The quantitative estimate of drug-likeness (QED) is 0.443. The summed E-state index contributed by atoms with van der Waals surface area (Å²) in [7, 11) is 0. The van der Waals surface area contributed by atoms with E-state index in [0.29, 0.717) is 37.2 Å². The van der Waals surface area contributed by atoms with Gasteiger partial charge in [0, 0.05) is 48.6 Å². The second kappa shape index (κ2) is 11.0. The number of carbonyl (C=O) groups is 1. The van der Waals surface area contributed by atoms with Gasteiger partial charge in [0.25, 0.3) is 5.56 Å². The van der Waals surface area contributed by atoms with E-state index in [1.165, 1.54) is 10.6 Å². The van der Waals surface area contributed by atoms with E-state index < -0.39 is 42.2 Å². The van der Waals surface area contributed by atoms with Crippen LogP contribution < -0.4 is 10.9 Å². The van der Waals surface area contributed by atoms with Crippen molar-refractivity contribution in [2.75, 3.05) is 13.1 Å². The second-order valence-corrected chi connectivity index (χ2v) is 10.5. The molecule has 3 aromatic rings. The molecule has 1 fully saturated rings.